The molecule has 1 amide bonds. The zero-order chi connectivity index (χ0) is 14.4. The van der Waals surface area contributed by atoms with Crippen LogP contribution in [0.25, 0.3) is 0 Å². The summed E-state index contributed by atoms with van der Waals surface area (Å²) < 4.78 is 5.09. The van der Waals surface area contributed by atoms with E-state index < -0.39 is 6.09 Å². The van der Waals surface area contributed by atoms with Crippen LogP contribution in [-0.2, 0) is 11.2 Å². The van der Waals surface area contributed by atoms with Gasteiger partial charge in [0.25, 0.3) is 0 Å². The Balaban J connectivity index is 1.81. The lowest BCUT2D eigenvalue weighted by Gasteiger charge is -2.08. The second-order valence-corrected chi connectivity index (χ2v) is 5.03. The highest BCUT2D eigenvalue weighted by molar-refractivity contribution is 6.35. The van der Waals surface area contributed by atoms with Gasteiger partial charge in [-0.15, -0.1) is 0 Å². The molecule has 0 unspecified atom stereocenters. The lowest BCUT2D eigenvalue weighted by Crippen LogP contribution is -2.15. The van der Waals surface area contributed by atoms with Crippen molar-refractivity contribution in [2.24, 2.45) is 0 Å². The van der Waals surface area contributed by atoms with Crippen LogP contribution in [0.1, 0.15) is 5.56 Å². The first-order valence-corrected chi connectivity index (χ1v) is 6.83. The highest BCUT2D eigenvalue weighted by atomic mass is 35.5. The van der Waals surface area contributed by atoms with Crippen LogP contribution >= 0.6 is 23.2 Å². The van der Waals surface area contributed by atoms with Crippen molar-refractivity contribution in [3.05, 3.63) is 64.1 Å². The molecule has 0 aliphatic carbocycles. The van der Waals surface area contributed by atoms with Gasteiger partial charge in [-0.3, -0.25) is 5.32 Å². The molecular weight excluding hydrogens is 297 g/mol. The van der Waals surface area contributed by atoms with Crippen molar-refractivity contribution >= 4 is 35.0 Å². The molecule has 5 heteroatoms. The molecule has 104 valence electrons. The molecule has 0 aliphatic heterocycles. The molecule has 0 aromatic heterocycles. The molecule has 1 N–H and O–H groups in total. The molecule has 0 spiro atoms. The van der Waals surface area contributed by atoms with E-state index in [0.717, 1.165) is 5.56 Å². The fraction of sp³-hybridized carbons (Fsp3) is 0.133. The monoisotopic (exact) mass is 309 g/mol. The number of nitrogens with one attached hydrogen (secondary N) is 1. The van der Waals surface area contributed by atoms with E-state index in [0.29, 0.717) is 28.8 Å². The minimum Gasteiger partial charge on any atom is -0.449 e. The molecule has 0 radical (unpaired) electrons. The maximum Gasteiger partial charge on any atom is 0.411 e. The summed E-state index contributed by atoms with van der Waals surface area (Å²) in [7, 11) is 0. The SMILES string of the molecule is O=C(Nc1cc(Cl)cc(Cl)c1)OCCc1ccccc1. The highest BCUT2D eigenvalue weighted by Gasteiger charge is 2.05. The van der Waals surface area contributed by atoms with Crippen molar-refractivity contribution in [1.82, 2.24) is 0 Å². The van der Waals surface area contributed by atoms with Gasteiger partial charge in [-0.1, -0.05) is 53.5 Å². The molecule has 0 atom stereocenters. The van der Waals surface area contributed by atoms with Gasteiger partial charge in [-0.2, -0.15) is 0 Å². The van der Waals surface area contributed by atoms with E-state index in [-0.39, 0.29) is 0 Å². The third kappa shape index (κ3) is 4.76. The predicted octanol–water partition coefficient (Wildman–Crippen LogP) is 4.78. The largest absolute Gasteiger partial charge is 0.449 e. The molecule has 3 nitrogen and oxygen atoms in total. The number of carbonyl (C=O) groups excluding carboxylic acids is 1. The second-order valence-electron chi connectivity index (χ2n) is 4.15. The van der Waals surface area contributed by atoms with Gasteiger partial charge in [0.1, 0.15) is 0 Å². The topological polar surface area (TPSA) is 38.3 Å². The van der Waals surface area contributed by atoms with Crippen molar-refractivity contribution in [1.29, 1.82) is 0 Å². The summed E-state index contributed by atoms with van der Waals surface area (Å²) >= 11 is 11.7. The first kappa shape index (κ1) is 14.7. The Bertz CT molecular complexity index is 567. The quantitative estimate of drug-likeness (QED) is 0.882. The van der Waals surface area contributed by atoms with Crippen LogP contribution in [0.15, 0.2) is 48.5 Å². The number of hydrogen-bond acceptors (Lipinski definition) is 2. The Kier molecular flexibility index (Phi) is 5.27. The zero-order valence-electron chi connectivity index (χ0n) is 10.6. The van der Waals surface area contributed by atoms with Crippen LogP contribution in [-0.4, -0.2) is 12.7 Å². The lowest BCUT2D eigenvalue weighted by molar-refractivity contribution is 0.163. The predicted molar refractivity (Wildman–Crippen MR) is 81.6 cm³/mol. The highest BCUT2D eigenvalue weighted by Crippen LogP contribution is 2.22. The van der Waals surface area contributed by atoms with Crippen LogP contribution in [0, 0.1) is 0 Å². The van der Waals surface area contributed by atoms with Crippen LogP contribution in [0.5, 0.6) is 0 Å². The lowest BCUT2D eigenvalue weighted by atomic mass is 10.2. The number of benzene rings is 2. The maximum atomic E-state index is 11.6. The molecule has 2 aromatic rings. The number of halogens is 2. The molecule has 0 fully saturated rings. The summed E-state index contributed by atoms with van der Waals surface area (Å²) in [4.78, 5) is 11.6. The average molecular weight is 310 g/mol. The fourth-order valence-corrected chi connectivity index (χ4v) is 2.21. The number of anilines is 1. The van der Waals surface area contributed by atoms with E-state index in [2.05, 4.69) is 5.32 Å². The second kappa shape index (κ2) is 7.17. The van der Waals surface area contributed by atoms with E-state index in [1.165, 1.54) is 0 Å². The van der Waals surface area contributed by atoms with E-state index in [1.807, 2.05) is 30.3 Å². The van der Waals surface area contributed by atoms with Crippen molar-refractivity contribution in [3.8, 4) is 0 Å². The summed E-state index contributed by atoms with van der Waals surface area (Å²) in [5, 5.41) is 3.49. The van der Waals surface area contributed by atoms with E-state index in [4.69, 9.17) is 27.9 Å². The minimum atomic E-state index is -0.528. The average Bonchev–Trinajstić information content (AvgIpc) is 2.38. The first-order chi connectivity index (χ1) is 9.63. The van der Waals surface area contributed by atoms with Gasteiger partial charge in [0.2, 0.25) is 0 Å². The van der Waals surface area contributed by atoms with E-state index >= 15 is 0 Å². The Morgan fingerprint density at radius 3 is 2.35 bits per heavy atom. The summed E-state index contributed by atoms with van der Waals surface area (Å²) in [5.74, 6) is 0. The van der Waals surface area contributed by atoms with Crippen LogP contribution in [0.2, 0.25) is 10.0 Å². The molecule has 2 aromatic carbocycles. The normalized spacial score (nSPS) is 10.1. The van der Waals surface area contributed by atoms with Gasteiger partial charge >= 0.3 is 6.09 Å². The number of carbonyl (C=O) groups is 1. The minimum absolute atomic E-state index is 0.310. The van der Waals surface area contributed by atoms with Crippen molar-refractivity contribution < 1.29 is 9.53 Å². The van der Waals surface area contributed by atoms with Gasteiger partial charge in [-0.25, -0.2) is 4.79 Å². The Morgan fingerprint density at radius 2 is 1.70 bits per heavy atom. The fourth-order valence-electron chi connectivity index (χ4n) is 1.69. The Labute approximate surface area is 127 Å². The van der Waals surface area contributed by atoms with Crippen LogP contribution < -0.4 is 5.32 Å². The van der Waals surface area contributed by atoms with Gasteiger partial charge in [0.05, 0.1) is 6.61 Å². The Morgan fingerprint density at radius 1 is 1.05 bits per heavy atom. The molecule has 2 rings (SSSR count). The summed E-state index contributed by atoms with van der Waals surface area (Å²) in [5.41, 5.74) is 1.62. The van der Waals surface area contributed by atoms with Gasteiger partial charge < -0.3 is 4.74 Å². The van der Waals surface area contributed by atoms with Gasteiger partial charge in [0, 0.05) is 22.2 Å². The van der Waals surface area contributed by atoms with Crippen LogP contribution in [0.4, 0.5) is 10.5 Å². The third-order valence-corrected chi connectivity index (χ3v) is 3.01. The standard InChI is InChI=1S/C15H13Cl2NO2/c16-12-8-13(17)10-14(9-12)18-15(19)20-7-6-11-4-2-1-3-5-11/h1-5,8-10H,6-7H2,(H,18,19). The Hall–Kier alpha value is -1.71. The molecule has 0 bridgehead atoms. The molecule has 0 saturated carbocycles. The van der Waals surface area contributed by atoms with Crippen molar-refractivity contribution in [2.45, 2.75) is 6.42 Å². The molecule has 0 heterocycles. The molecule has 0 saturated heterocycles. The van der Waals surface area contributed by atoms with Gasteiger partial charge in [0.15, 0.2) is 0 Å². The number of hydrogen-bond donors (Lipinski definition) is 1. The number of rotatable bonds is 4. The van der Waals surface area contributed by atoms with Crippen LogP contribution in [0.3, 0.4) is 0 Å². The summed E-state index contributed by atoms with van der Waals surface area (Å²) in [6, 6.07) is 14.6. The van der Waals surface area contributed by atoms with E-state index in [1.54, 1.807) is 18.2 Å². The summed E-state index contributed by atoms with van der Waals surface area (Å²) in [6.07, 6.45) is 0.143. The van der Waals surface area contributed by atoms with Crippen molar-refractivity contribution in [3.63, 3.8) is 0 Å². The maximum absolute atomic E-state index is 11.6. The van der Waals surface area contributed by atoms with E-state index in [9.17, 15) is 4.79 Å². The molecule has 20 heavy (non-hydrogen) atoms. The third-order valence-electron chi connectivity index (χ3n) is 2.58. The van der Waals surface area contributed by atoms with Crippen molar-refractivity contribution in [2.75, 3.05) is 11.9 Å². The number of ether oxygens (including phenoxy) is 1. The molecular formula is C15H13Cl2NO2. The smallest absolute Gasteiger partial charge is 0.411 e. The first-order valence-electron chi connectivity index (χ1n) is 6.07. The number of amides is 1. The zero-order valence-corrected chi connectivity index (χ0v) is 12.1. The summed E-state index contributed by atoms with van der Waals surface area (Å²) in [6.45, 7) is 0.310. The van der Waals surface area contributed by atoms with Gasteiger partial charge in [-0.05, 0) is 23.8 Å². The molecule has 0 aliphatic rings.